The van der Waals surface area contributed by atoms with E-state index in [0.29, 0.717) is 16.9 Å². The van der Waals surface area contributed by atoms with Crippen LogP contribution in [0.15, 0.2) is 30.3 Å². The highest BCUT2D eigenvalue weighted by atomic mass is 32.1. The Bertz CT molecular complexity index is 1290. The third kappa shape index (κ3) is 5.81. The number of anilines is 2. The number of nitrogens with one attached hydrogen (secondary N) is 2. The van der Waals surface area contributed by atoms with Gasteiger partial charge in [-0.05, 0) is 5.56 Å². The lowest BCUT2D eigenvalue weighted by Crippen LogP contribution is -2.55. The number of nitrogens with two attached hydrogens (primary N) is 1. The minimum absolute atomic E-state index is 0.0261. The molecule has 3 rings (SSSR count). The second kappa shape index (κ2) is 10.8. The molecule has 0 aliphatic rings. The van der Waals surface area contributed by atoms with Gasteiger partial charge in [0.15, 0.2) is 39.3 Å². The van der Waals surface area contributed by atoms with Crippen molar-refractivity contribution in [3.8, 4) is 28.1 Å². The van der Waals surface area contributed by atoms with Gasteiger partial charge < -0.3 is 61.7 Å². The summed E-state index contributed by atoms with van der Waals surface area (Å²) in [4.78, 5) is 16.0. The number of thiazole rings is 1. The maximum absolute atomic E-state index is 12.3. The van der Waals surface area contributed by atoms with Crippen molar-refractivity contribution in [2.24, 2.45) is 0 Å². The van der Waals surface area contributed by atoms with Crippen molar-refractivity contribution in [1.29, 1.82) is 0 Å². The van der Waals surface area contributed by atoms with Crippen LogP contribution in [0.4, 0.5) is 10.8 Å². The van der Waals surface area contributed by atoms with Gasteiger partial charge in [0, 0.05) is 7.11 Å². The molecular formula is C22H26N4O11S. The summed E-state index contributed by atoms with van der Waals surface area (Å²) in [7, 11) is 1.16. The zero-order valence-electron chi connectivity index (χ0n) is 19.7. The zero-order valence-corrected chi connectivity index (χ0v) is 20.5. The standard InChI is InChI=1S/C22H26N4O11S/c1-37-18(9-5-3-2-4-6-9)22(35,36)24-8-21(33,34)12-14(28)16(30)13(17(31)15(12)29)26-11(27)7-10-19(32)38-20(23)25-10/h2-6,18,24,28-36H,7-8H2,1H3,(H2,23,25)(H,26,27). The van der Waals surface area contributed by atoms with E-state index < -0.39 is 70.9 Å². The molecule has 1 aromatic heterocycles. The molecule has 0 aliphatic heterocycles. The van der Waals surface area contributed by atoms with Crippen LogP contribution in [0.3, 0.4) is 0 Å². The minimum atomic E-state index is -3.33. The Morgan fingerprint density at radius 2 is 1.61 bits per heavy atom. The molecule has 2 aromatic carbocycles. The maximum atomic E-state index is 12.3. The molecule has 1 heterocycles. The molecule has 16 heteroatoms. The smallest absolute Gasteiger partial charge is 0.254 e. The summed E-state index contributed by atoms with van der Waals surface area (Å²) < 4.78 is 5.09. The minimum Gasteiger partial charge on any atom is -0.504 e. The molecular weight excluding hydrogens is 528 g/mol. The van der Waals surface area contributed by atoms with Gasteiger partial charge in [-0.25, -0.2) is 4.98 Å². The van der Waals surface area contributed by atoms with E-state index >= 15 is 0 Å². The summed E-state index contributed by atoms with van der Waals surface area (Å²) in [6, 6.07) is 7.87. The third-order valence-electron chi connectivity index (χ3n) is 5.38. The fourth-order valence-corrected chi connectivity index (χ4v) is 4.19. The van der Waals surface area contributed by atoms with Crippen molar-refractivity contribution in [2.75, 3.05) is 24.7 Å². The molecule has 0 saturated carbocycles. The lowest BCUT2D eigenvalue weighted by molar-refractivity contribution is -0.270. The van der Waals surface area contributed by atoms with Crippen LogP contribution in [0.1, 0.15) is 22.9 Å². The molecule has 0 bridgehead atoms. The van der Waals surface area contributed by atoms with Gasteiger partial charge in [0.25, 0.3) is 5.91 Å². The van der Waals surface area contributed by atoms with Gasteiger partial charge in [-0.15, -0.1) is 0 Å². The number of carbonyl (C=O) groups is 1. The second-order valence-corrected chi connectivity index (χ2v) is 9.11. The van der Waals surface area contributed by atoms with Crippen molar-refractivity contribution < 1.29 is 55.5 Å². The highest BCUT2D eigenvalue weighted by molar-refractivity contribution is 7.17. The van der Waals surface area contributed by atoms with Crippen LogP contribution >= 0.6 is 11.3 Å². The number of aliphatic hydroxyl groups is 4. The molecule has 3 aromatic rings. The first-order valence-corrected chi connectivity index (χ1v) is 11.5. The number of phenols is 4. The van der Waals surface area contributed by atoms with E-state index in [-0.39, 0.29) is 15.9 Å². The highest BCUT2D eigenvalue weighted by Crippen LogP contribution is 2.52. The van der Waals surface area contributed by atoms with E-state index in [1.807, 2.05) is 10.6 Å². The Kier molecular flexibility index (Phi) is 8.18. The number of aromatic nitrogens is 1. The van der Waals surface area contributed by atoms with Crippen molar-refractivity contribution in [3.63, 3.8) is 0 Å². The SMILES string of the molecule is COC(c1ccccc1)C(O)(O)NCC(O)(O)c1c(O)c(O)c(NC(=O)Cc2nc(N)sc2O)c(O)c1O. The Morgan fingerprint density at radius 3 is 2.11 bits per heavy atom. The van der Waals surface area contributed by atoms with Crippen LogP contribution in [0.2, 0.25) is 0 Å². The summed E-state index contributed by atoms with van der Waals surface area (Å²) >= 11 is 0.700. The summed E-state index contributed by atoms with van der Waals surface area (Å²) in [5.41, 5.74) is 3.48. The number of carbonyl (C=O) groups excluding carboxylic acids is 1. The Balaban J connectivity index is 1.85. The molecule has 1 atom stereocenters. The normalized spacial score (nSPS) is 12.9. The van der Waals surface area contributed by atoms with Crippen LogP contribution in [0.25, 0.3) is 0 Å². The molecule has 15 nitrogen and oxygen atoms in total. The van der Waals surface area contributed by atoms with Crippen LogP contribution in [-0.4, -0.2) is 76.4 Å². The summed E-state index contributed by atoms with van der Waals surface area (Å²) in [5, 5.41) is 96.8. The number of benzene rings is 2. The van der Waals surface area contributed by atoms with Crippen LogP contribution in [0.5, 0.6) is 28.1 Å². The average Bonchev–Trinajstić information content (AvgIpc) is 3.16. The fraction of sp³-hybridized carbons (Fsp3) is 0.273. The lowest BCUT2D eigenvalue weighted by Gasteiger charge is -2.34. The first kappa shape index (κ1) is 28.7. The number of nitrogens with zero attached hydrogens (tertiary/aromatic N) is 1. The van der Waals surface area contributed by atoms with Crippen LogP contribution in [-0.2, 0) is 21.7 Å². The van der Waals surface area contributed by atoms with Gasteiger partial charge in [0.05, 0.1) is 13.0 Å². The molecule has 0 saturated heterocycles. The number of rotatable bonds is 10. The highest BCUT2D eigenvalue weighted by Gasteiger charge is 2.42. The van der Waals surface area contributed by atoms with E-state index in [1.54, 1.807) is 18.2 Å². The Labute approximate surface area is 218 Å². The van der Waals surface area contributed by atoms with Crippen molar-refractivity contribution in [3.05, 3.63) is 47.2 Å². The number of nitrogen functional groups attached to an aromatic ring is 1. The predicted octanol–water partition coefficient (Wildman–Crippen LogP) is -0.812. The molecule has 206 valence electrons. The number of phenolic OH excluding ortho intramolecular Hbond substituents is 4. The largest absolute Gasteiger partial charge is 0.504 e. The van der Waals surface area contributed by atoms with Gasteiger partial charge in [-0.1, -0.05) is 41.7 Å². The van der Waals surface area contributed by atoms with Crippen molar-refractivity contribution in [1.82, 2.24) is 10.3 Å². The number of amides is 1. The van der Waals surface area contributed by atoms with Gasteiger partial charge in [-0.3, -0.25) is 10.1 Å². The second-order valence-electron chi connectivity index (χ2n) is 8.10. The monoisotopic (exact) mass is 554 g/mol. The van der Waals surface area contributed by atoms with Crippen LogP contribution < -0.4 is 16.4 Å². The van der Waals surface area contributed by atoms with Crippen LogP contribution in [0, 0.1) is 0 Å². The van der Waals surface area contributed by atoms with Gasteiger partial charge >= 0.3 is 0 Å². The van der Waals surface area contributed by atoms with Gasteiger partial charge in [0.2, 0.25) is 11.7 Å². The number of hydrogen-bond donors (Lipinski definition) is 12. The third-order valence-corrected chi connectivity index (χ3v) is 6.11. The molecule has 0 aliphatic carbocycles. The molecule has 1 unspecified atom stereocenters. The number of hydrogen-bond acceptors (Lipinski definition) is 15. The van der Waals surface area contributed by atoms with E-state index in [4.69, 9.17) is 10.5 Å². The maximum Gasteiger partial charge on any atom is 0.254 e. The zero-order chi connectivity index (χ0) is 28.4. The topological polar surface area (TPSA) is 271 Å². The Morgan fingerprint density at radius 1 is 1.03 bits per heavy atom. The molecule has 38 heavy (non-hydrogen) atoms. The predicted molar refractivity (Wildman–Crippen MR) is 131 cm³/mol. The molecule has 1 amide bonds. The Hall–Kier alpha value is -3.90. The van der Waals surface area contributed by atoms with E-state index in [0.717, 1.165) is 7.11 Å². The quantitative estimate of drug-likeness (QED) is 0.0830. The number of aromatic hydroxyl groups is 5. The number of methoxy groups -OCH3 is 1. The van der Waals surface area contributed by atoms with E-state index in [2.05, 4.69) is 4.98 Å². The van der Waals surface area contributed by atoms with Gasteiger partial charge in [0.1, 0.15) is 16.9 Å². The lowest BCUT2D eigenvalue weighted by atomic mass is 9.99. The fourth-order valence-electron chi connectivity index (χ4n) is 3.60. The molecule has 0 fully saturated rings. The summed E-state index contributed by atoms with van der Waals surface area (Å²) in [6.45, 7) is -1.19. The van der Waals surface area contributed by atoms with E-state index in [1.165, 1.54) is 12.1 Å². The molecule has 0 spiro atoms. The summed E-state index contributed by atoms with van der Waals surface area (Å²) in [5.74, 6) is -12.5. The molecule has 13 N–H and O–H groups in total. The summed E-state index contributed by atoms with van der Waals surface area (Å²) in [6.07, 6.45) is -2.01. The molecule has 0 radical (unpaired) electrons. The van der Waals surface area contributed by atoms with Gasteiger partial charge in [-0.2, -0.15) is 0 Å². The number of ether oxygens (including phenoxy) is 1. The first-order valence-electron chi connectivity index (χ1n) is 10.7. The average molecular weight is 555 g/mol. The first-order chi connectivity index (χ1) is 17.7. The van der Waals surface area contributed by atoms with E-state index in [9.17, 15) is 50.8 Å². The van der Waals surface area contributed by atoms with Crippen molar-refractivity contribution >= 4 is 28.1 Å². The van der Waals surface area contributed by atoms with Crippen molar-refractivity contribution in [2.45, 2.75) is 24.2 Å².